The van der Waals surface area contributed by atoms with Gasteiger partial charge in [-0.2, -0.15) is 0 Å². The lowest BCUT2D eigenvalue weighted by Gasteiger charge is -2.08. The highest BCUT2D eigenvalue weighted by molar-refractivity contribution is 9.11. The van der Waals surface area contributed by atoms with Gasteiger partial charge in [-0.3, -0.25) is 0 Å². The fourth-order valence-corrected chi connectivity index (χ4v) is 2.80. The second-order valence-electron chi connectivity index (χ2n) is 3.44. The largest absolute Gasteiger partial charge is 0.330 e. The summed E-state index contributed by atoms with van der Waals surface area (Å²) in [6, 6.07) is 0. The molecule has 0 atom stereocenters. The molecule has 66 valence electrons. The number of aromatic nitrogens is 1. The van der Waals surface area contributed by atoms with Crippen LogP contribution in [0.4, 0.5) is 0 Å². The van der Waals surface area contributed by atoms with E-state index in [-0.39, 0.29) is 0 Å². The van der Waals surface area contributed by atoms with Gasteiger partial charge in [0.15, 0.2) is 0 Å². The second-order valence-corrected chi connectivity index (χ2v) is 5.93. The molecule has 12 heavy (non-hydrogen) atoms. The number of thiazole rings is 1. The Morgan fingerprint density at radius 3 is 2.83 bits per heavy atom. The van der Waals surface area contributed by atoms with Crippen LogP contribution in [0.25, 0.3) is 0 Å². The second kappa shape index (κ2) is 3.09. The minimum atomic E-state index is 0.414. The van der Waals surface area contributed by atoms with Gasteiger partial charge in [0.05, 0.1) is 15.0 Å². The molecule has 1 aliphatic carbocycles. The fourth-order valence-electron chi connectivity index (χ4n) is 1.32. The molecule has 0 spiro atoms. The predicted molar refractivity (Wildman–Crippen MR) is 54.2 cm³/mol. The summed E-state index contributed by atoms with van der Waals surface area (Å²) in [5, 5.41) is 1.21. The third-order valence-corrected chi connectivity index (χ3v) is 3.92. The van der Waals surface area contributed by atoms with E-state index in [2.05, 4.69) is 20.9 Å². The Morgan fingerprint density at radius 1 is 1.67 bits per heavy atom. The molecule has 0 amide bonds. The van der Waals surface area contributed by atoms with Crippen molar-refractivity contribution < 1.29 is 0 Å². The van der Waals surface area contributed by atoms with E-state index in [0.717, 1.165) is 16.8 Å². The Hall–Kier alpha value is 0.0700. The van der Waals surface area contributed by atoms with E-state index < -0.39 is 0 Å². The Balaban J connectivity index is 2.04. The van der Waals surface area contributed by atoms with E-state index in [0.29, 0.717) is 5.41 Å². The fraction of sp³-hybridized carbons (Fsp3) is 0.625. The summed E-state index contributed by atoms with van der Waals surface area (Å²) in [6.07, 6.45) is 5.49. The highest BCUT2D eigenvalue weighted by Crippen LogP contribution is 2.47. The van der Waals surface area contributed by atoms with Crippen molar-refractivity contribution in [3.63, 3.8) is 0 Å². The van der Waals surface area contributed by atoms with Crippen molar-refractivity contribution in [1.82, 2.24) is 4.98 Å². The van der Waals surface area contributed by atoms with Crippen molar-refractivity contribution in [2.24, 2.45) is 11.1 Å². The van der Waals surface area contributed by atoms with Gasteiger partial charge in [-0.15, -0.1) is 11.3 Å². The van der Waals surface area contributed by atoms with Crippen LogP contribution < -0.4 is 5.73 Å². The molecule has 0 bridgehead atoms. The Labute approximate surface area is 84.3 Å². The lowest BCUT2D eigenvalue weighted by atomic mass is 10.0. The average molecular weight is 247 g/mol. The number of nitrogens with zero attached hydrogens (tertiary/aromatic N) is 1. The van der Waals surface area contributed by atoms with Gasteiger partial charge in [0, 0.05) is 6.42 Å². The number of halogens is 1. The minimum absolute atomic E-state index is 0.414. The van der Waals surface area contributed by atoms with Crippen LogP contribution in [0.3, 0.4) is 0 Å². The smallest absolute Gasteiger partial charge is 0.0942 e. The predicted octanol–water partition coefficient (Wildman–Crippen LogP) is 2.19. The van der Waals surface area contributed by atoms with Crippen LogP contribution in [0, 0.1) is 5.41 Å². The third kappa shape index (κ3) is 1.70. The van der Waals surface area contributed by atoms with Gasteiger partial charge in [0.2, 0.25) is 0 Å². The Morgan fingerprint density at radius 2 is 2.42 bits per heavy atom. The van der Waals surface area contributed by atoms with Crippen LogP contribution in [0.2, 0.25) is 0 Å². The van der Waals surface area contributed by atoms with Crippen molar-refractivity contribution >= 4 is 27.3 Å². The molecule has 0 saturated heterocycles. The highest BCUT2D eigenvalue weighted by atomic mass is 79.9. The molecule has 0 aliphatic heterocycles. The zero-order valence-corrected chi connectivity index (χ0v) is 9.12. The first kappa shape index (κ1) is 8.66. The Kier molecular flexibility index (Phi) is 2.23. The maximum atomic E-state index is 5.69. The van der Waals surface area contributed by atoms with Crippen LogP contribution >= 0.6 is 27.3 Å². The monoisotopic (exact) mass is 246 g/mol. The summed E-state index contributed by atoms with van der Waals surface area (Å²) in [4.78, 5) is 4.30. The topological polar surface area (TPSA) is 38.9 Å². The molecule has 1 heterocycles. The van der Waals surface area contributed by atoms with Crippen LogP contribution in [0.15, 0.2) is 9.98 Å². The molecule has 2 rings (SSSR count). The third-order valence-electron chi connectivity index (χ3n) is 2.44. The molecule has 1 aromatic heterocycles. The maximum Gasteiger partial charge on any atom is 0.0942 e. The van der Waals surface area contributed by atoms with Crippen LogP contribution in [0.5, 0.6) is 0 Å². The lowest BCUT2D eigenvalue weighted by molar-refractivity contribution is 0.520. The zero-order chi connectivity index (χ0) is 8.60. The summed E-state index contributed by atoms with van der Waals surface area (Å²) < 4.78 is 1.12. The van der Waals surface area contributed by atoms with Gasteiger partial charge >= 0.3 is 0 Å². The first-order valence-corrected chi connectivity index (χ1v) is 5.65. The standard InChI is InChI=1S/C8H11BrN2S/c9-6-4-11-7(12-6)3-8(5-10)1-2-8/h4H,1-3,5,10H2. The first-order chi connectivity index (χ1) is 5.74. The van der Waals surface area contributed by atoms with Crippen molar-refractivity contribution in [2.45, 2.75) is 19.3 Å². The molecule has 1 saturated carbocycles. The number of nitrogens with two attached hydrogens (primary N) is 1. The van der Waals surface area contributed by atoms with Crippen LogP contribution in [-0.2, 0) is 6.42 Å². The van der Waals surface area contributed by atoms with Gasteiger partial charge in [-0.05, 0) is 40.7 Å². The Bertz CT molecular complexity index is 280. The lowest BCUT2D eigenvalue weighted by Crippen LogP contribution is -2.17. The summed E-state index contributed by atoms with van der Waals surface area (Å²) in [5.41, 5.74) is 6.10. The molecule has 1 fully saturated rings. The summed E-state index contributed by atoms with van der Waals surface area (Å²) in [6.45, 7) is 0.810. The quantitative estimate of drug-likeness (QED) is 0.889. The first-order valence-electron chi connectivity index (χ1n) is 4.04. The SMILES string of the molecule is NCC1(Cc2ncc(Br)s2)CC1. The number of hydrogen-bond acceptors (Lipinski definition) is 3. The van der Waals surface area contributed by atoms with E-state index >= 15 is 0 Å². The average Bonchev–Trinajstić information content (AvgIpc) is 2.71. The molecule has 1 aromatic rings. The van der Waals surface area contributed by atoms with Crippen LogP contribution in [0.1, 0.15) is 17.8 Å². The maximum absolute atomic E-state index is 5.69. The number of rotatable bonds is 3. The van der Waals surface area contributed by atoms with Crippen molar-refractivity contribution in [1.29, 1.82) is 0 Å². The molecule has 2 N–H and O–H groups in total. The molecule has 1 aliphatic rings. The normalized spacial score (nSPS) is 19.5. The van der Waals surface area contributed by atoms with E-state index in [1.54, 1.807) is 11.3 Å². The summed E-state index contributed by atoms with van der Waals surface area (Å²) >= 11 is 5.13. The molecular formula is C8H11BrN2S. The van der Waals surface area contributed by atoms with Crippen molar-refractivity contribution in [2.75, 3.05) is 6.54 Å². The molecule has 0 radical (unpaired) electrons. The van der Waals surface area contributed by atoms with Crippen molar-refractivity contribution in [3.05, 3.63) is 15.0 Å². The molecule has 0 unspecified atom stereocenters. The van der Waals surface area contributed by atoms with Gasteiger partial charge < -0.3 is 5.73 Å². The van der Waals surface area contributed by atoms with Gasteiger partial charge in [0.25, 0.3) is 0 Å². The van der Waals surface area contributed by atoms with E-state index in [1.165, 1.54) is 17.8 Å². The summed E-state index contributed by atoms with van der Waals surface area (Å²) in [7, 11) is 0. The van der Waals surface area contributed by atoms with E-state index in [9.17, 15) is 0 Å². The van der Waals surface area contributed by atoms with Gasteiger partial charge in [0.1, 0.15) is 0 Å². The molecule has 0 aromatic carbocycles. The van der Waals surface area contributed by atoms with Gasteiger partial charge in [-0.1, -0.05) is 0 Å². The molecule has 2 nitrogen and oxygen atoms in total. The zero-order valence-electron chi connectivity index (χ0n) is 6.72. The van der Waals surface area contributed by atoms with E-state index in [4.69, 9.17) is 5.73 Å². The van der Waals surface area contributed by atoms with Gasteiger partial charge in [-0.25, -0.2) is 4.98 Å². The summed E-state index contributed by atoms with van der Waals surface area (Å²) in [5.74, 6) is 0. The van der Waals surface area contributed by atoms with E-state index in [1.807, 2.05) is 6.20 Å². The molecular weight excluding hydrogens is 236 g/mol. The number of hydrogen-bond donors (Lipinski definition) is 1. The highest BCUT2D eigenvalue weighted by Gasteiger charge is 2.41. The minimum Gasteiger partial charge on any atom is -0.330 e. The van der Waals surface area contributed by atoms with Crippen molar-refractivity contribution in [3.8, 4) is 0 Å². The van der Waals surface area contributed by atoms with Crippen LogP contribution in [-0.4, -0.2) is 11.5 Å². The molecule has 4 heteroatoms.